The van der Waals surface area contributed by atoms with Gasteiger partial charge >= 0.3 is 0 Å². The fraction of sp³-hybridized carbons (Fsp3) is 0.467. The van der Waals surface area contributed by atoms with Crippen molar-refractivity contribution in [2.75, 3.05) is 13.6 Å². The third kappa shape index (κ3) is 2.61. The van der Waals surface area contributed by atoms with Crippen molar-refractivity contribution in [2.45, 2.75) is 32.2 Å². The van der Waals surface area contributed by atoms with Crippen LogP contribution in [0.4, 0.5) is 0 Å². The summed E-state index contributed by atoms with van der Waals surface area (Å²) in [6, 6.07) is 4.64. The monoisotopic (exact) mass is 276 g/mol. The van der Waals surface area contributed by atoms with Crippen molar-refractivity contribution < 1.29 is 14.7 Å². The molecule has 1 unspecified atom stereocenters. The number of likely N-dealkylation sites (N-methyl/N-ethyl adjacent to an activating group) is 1. The van der Waals surface area contributed by atoms with E-state index in [2.05, 4.69) is 5.32 Å². The Bertz CT molecular complexity index is 528. The summed E-state index contributed by atoms with van der Waals surface area (Å²) in [4.78, 5) is 26.1. The van der Waals surface area contributed by atoms with Gasteiger partial charge in [0, 0.05) is 13.6 Å². The molecular formula is C15H20N2O3. The van der Waals surface area contributed by atoms with Crippen LogP contribution in [-0.4, -0.2) is 41.5 Å². The highest BCUT2D eigenvalue weighted by atomic mass is 16.3. The molecule has 2 rings (SSSR count). The van der Waals surface area contributed by atoms with Gasteiger partial charge in [-0.3, -0.25) is 9.59 Å². The van der Waals surface area contributed by atoms with Crippen LogP contribution in [0, 0.1) is 6.92 Å². The van der Waals surface area contributed by atoms with E-state index in [1.165, 1.54) is 0 Å². The van der Waals surface area contributed by atoms with Crippen LogP contribution in [0.15, 0.2) is 18.2 Å². The van der Waals surface area contributed by atoms with Gasteiger partial charge in [0.1, 0.15) is 11.8 Å². The fourth-order valence-corrected chi connectivity index (χ4v) is 2.60. The van der Waals surface area contributed by atoms with Crippen LogP contribution in [-0.2, 0) is 4.79 Å². The van der Waals surface area contributed by atoms with Crippen LogP contribution in [0.5, 0.6) is 5.75 Å². The van der Waals surface area contributed by atoms with E-state index in [-0.39, 0.29) is 23.1 Å². The van der Waals surface area contributed by atoms with E-state index >= 15 is 0 Å². The highest BCUT2D eigenvalue weighted by Crippen LogP contribution is 2.26. The van der Waals surface area contributed by atoms with Crippen molar-refractivity contribution >= 4 is 11.8 Å². The number of aromatic hydroxyl groups is 1. The predicted molar refractivity (Wildman–Crippen MR) is 75.6 cm³/mol. The first-order chi connectivity index (χ1) is 9.56. The van der Waals surface area contributed by atoms with E-state index in [0.29, 0.717) is 18.5 Å². The molecule has 5 heteroatoms. The second kappa shape index (κ2) is 5.94. The molecule has 2 amide bonds. The molecule has 20 heavy (non-hydrogen) atoms. The Morgan fingerprint density at radius 3 is 2.80 bits per heavy atom. The standard InChI is InChI=1S/C15H20N2O3/c1-10-6-5-7-11(13(10)18)15(20)17-9-4-3-8-12(17)14(19)16-2/h5-7,12,18H,3-4,8-9H2,1-2H3,(H,16,19). The van der Waals surface area contributed by atoms with Gasteiger partial charge < -0.3 is 15.3 Å². The normalized spacial score (nSPS) is 18.7. The van der Waals surface area contributed by atoms with Crippen molar-refractivity contribution in [1.29, 1.82) is 0 Å². The van der Waals surface area contributed by atoms with Gasteiger partial charge in [-0.05, 0) is 37.8 Å². The Morgan fingerprint density at radius 1 is 1.35 bits per heavy atom. The van der Waals surface area contributed by atoms with Crippen molar-refractivity contribution in [3.05, 3.63) is 29.3 Å². The fourth-order valence-electron chi connectivity index (χ4n) is 2.60. The van der Waals surface area contributed by atoms with Crippen LogP contribution in [0.1, 0.15) is 35.2 Å². The molecule has 1 heterocycles. The quantitative estimate of drug-likeness (QED) is 0.858. The molecule has 108 valence electrons. The molecule has 1 aliphatic rings. The molecular weight excluding hydrogens is 256 g/mol. The van der Waals surface area contributed by atoms with Crippen LogP contribution in [0.3, 0.4) is 0 Å². The topological polar surface area (TPSA) is 69.6 Å². The lowest BCUT2D eigenvalue weighted by atomic mass is 9.99. The number of benzene rings is 1. The number of carbonyl (C=O) groups is 2. The lowest BCUT2D eigenvalue weighted by Crippen LogP contribution is -2.51. The van der Waals surface area contributed by atoms with E-state index in [0.717, 1.165) is 12.8 Å². The Labute approximate surface area is 118 Å². The van der Waals surface area contributed by atoms with Gasteiger partial charge in [-0.1, -0.05) is 12.1 Å². The Hall–Kier alpha value is -2.04. The molecule has 0 bridgehead atoms. The van der Waals surface area contributed by atoms with E-state index in [1.807, 2.05) is 0 Å². The van der Waals surface area contributed by atoms with Gasteiger partial charge in [-0.15, -0.1) is 0 Å². The summed E-state index contributed by atoms with van der Waals surface area (Å²) < 4.78 is 0. The van der Waals surface area contributed by atoms with E-state index < -0.39 is 6.04 Å². The highest BCUT2D eigenvalue weighted by molar-refractivity contribution is 6.00. The average molecular weight is 276 g/mol. The number of nitrogens with one attached hydrogen (secondary N) is 1. The number of hydrogen-bond donors (Lipinski definition) is 2. The lowest BCUT2D eigenvalue weighted by molar-refractivity contribution is -0.126. The van der Waals surface area contributed by atoms with Crippen molar-refractivity contribution in [3.8, 4) is 5.75 Å². The van der Waals surface area contributed by atoms with Gasteiger partial charge in [-0.2, -0.15) is 0 Å². The summed E-state index contributed by atoms with van der Waals surface area (Å²) >= 11 is 0. The van der Waals surface area contributed by atoms with Crippen LogP contribution >= 0.6 is 0 Å². The minimum absolute atomic E-state index is 0.00118. The second-order valence-corrected chi connectivity index (χ2v) is 5.10. The Kier molecular flexibility index (Phi) is 4.27. The molecule has 1 fully saturated rings. The molecule has 0 spiro atoms. The molecule has 0 radical (unpaired) electrons. The number of phenolic OH excluding ortho intramolecular Hbond substituents is 1. The number of aryl methyl sites for hydroxylation is 1. The minimum Gasteiger partial charge on any atom is -0.507 e. The summed E-state index contributed by atoms with van der Waals surface area (Å²) in [6.45, 7) is 2.29. The maximum atomic E-state index is 12.6. The van der Waals surface area contributed by atoms with Crippen LogP contribution in [0.25, 0.3) is 0 Å². The van der Waals surface area contributed by atoms with Gasteiger partial charge in [0.2, 0.25) is 5.91 Å². The maximum Gasteiger partial charge on any atom is 0.258 e. The molecule has 1 aliphatic heterocycles. The molecule has 0 saturated carbocycles. The molecule has 1 aromatic carbocycles. The van der Waals surface area contributed by atoms with E-state index in [1.54, 1.807) is 37.1 Å². The summed E-state index contributed by atoms with van der Waals surface area (Å²) in [5.74, 6) is -0.427. The minimum atomic E-state index is -0.443. The van der Waals surface area contributed by atoms with Crippen molar-refractivity contribution in [3.63, 3.8) is 0 Å². The van der Waals surface area contributed by atoms with Crippen LogP contribution in [0.2, 0.25) is 0 Å². The van der Waals surface area contributed by atoms with Crippen molar-refractivity contribution in [1.82, 2.24) is 10.2 Å². The molecule has 0 aromatic heterocycles. The number of phenols is 1. The third-order valence-corrected chi connectivity index (χ3v) is 3.78. The molecule has 1 aromatic rings. The zero-order chi connectivity index (χ0) is 14.7. The van der Waals surface area contributed by atoms with Gasteiger partial charge in [0.15, 0.2) is 0 Å². The third-order valence-electron chi connectivity index (χ3n) is 3.78. The molecule has 1 saturated heterocycles. The number of amides is 2. The number of rotatable bonds is 2. The first-order valence-electron chi connectivity index (χ1n) is 6.87. The summed E-state index contributed by atoms with van der Waals surface area (Å²) in [5.41, 5.74) is 0.921. The van der Waals surface area contributed by atoms with E-state index in [4.69, 9.17) is 0 Å². The number of likely N-dealkylation sites (tertiary alicyclic amines) is 1. The Balaban J connectivity index is 2.30. The maximum absolute atomic E-state index is 12.6. The van der Waals surface area contributed by atoms with Gasteiger partial charge in [0.05, 0.1) is 5.56 Å². The second-order valence-electron chi connectivity index (χ2n) is 5.10. The number of piperidine rings is 1. The van der Waals surface area contributed by atoms with Gasteiger partial charge in [-0.25, -0.2) is 0 Å². The predicted octanol–water partition coefficient (Wildman–Crippen LogP) is 1.44. The number of nitrogens with zero attached hydrogens (tertiary/aromatic N) is 1. The zero-order valence-electron chi connectivity index (χ0n) is 11.8. The number of carbonyl (C=O) groups excluding carboxylic acids is 2. The molecule has 0 aliphatic carbocycles. The molecule has 1 atom stereocenters. The average Bonchev–Trinajstić information content (AvgIpc) is 2.48. The smallest absolute Gasteiger partial charge is 0.258 e. The SMILES string of the molecule is CNC(=O)C1CCCCN1C(=O)c1cccc(C)c1O. The first kappa shape index (κ1) is 14.4. The Morgan fingerprint density at radius 2 is 2.10 bits per heavy atom. The lowest BCUT2D eigenvalue weighted by Gasteiger charge is -2.34. The number of hydrogen-bond acceptors (Lipinski definition) is 3. The summed E-state index contributed by atoms with van der Waals surface area (Å²) in [5, 5.41) is 12.6. The molecule has 5 nitrogen and oxygen atoms in total. The van der Waals surface area contributed by atoms with Crippen molar-refractivity contribution in [2.24, 2.45) is 0 Å². The largest absolute Gasteiger partial charge is 0.507 e. The first-order valence-corrected chi connectivity index (χ1v) is 6.87. The summed E-state index contributed by atoms with van der Waals surface area (Å²) in [7, 11) is 1.57. The van der Waals surface area contributed by atoms with Crippen LogP contribution < -0.4 is 5.32 Å². The number of para-hydroxylation sites is 1. The van der Waals surface area contributed by atoms with Gasteiger partial charge in [0.25, 0.3) is 5.91 Å². The van der Waals surface area contributed by atoms with E-state index in [9.17, 15) is 14.7 Å². The molecule has 2 N–H and O–H groups in total. The zero-order valence-corrected chi connectivity index (χ0v) is 11.8. The summed E-state index contributed by atoms with van der Waals surface area (Å²) in [6.07, 6.45) is 2.48. The highest BCUT2D eigenvalue weighted by Gasteiger charge is 2.33.